The number of benzene rings is 1. The Hall–Kier alpha value is -1.26. The zero-order chi connectivity index (χ0) is 13.0. The van der Waals surface area contributed by atoms with Gasteiger partial charge in [-0.15, -0.1) is 0 Å². The Balaban J connectivity index is 1.79. The zero-order valence-electron chi connectivity index (χ0n) is 10.5. The molecule has 1 aliphatic heterocycles. The fourth-order valence-electron chi connectivity index (χ4n) is 1.90. The minimum atomic E-state index is 0.0121. The molecule has 0 bridgehead atoms. The Kier molecular flexibility index (Phi) is 4.44. The molecule has 1 fully saturated rings. The summed E-state index contributed by atoms with van der Waals surface area (Å²) in [6.45, 7) is 4.01. The van der Waals surface area contributed by atoms with Crippen molar-refractivity contribution in [3.63, 3.8) is 0 Å². The molecule has 1 aromatic carbocycles. The fourth-order valence-corrected chi connectivity index (χ4v) is 2.03. The monoisotopic (exact) mass is 267 g/mol. The molecule has 0 saturated carbocycles. The second kappa shape index (κ2) is 6.07. The molecule has 2 amide bonds. The molecule has 1 N–H and O–H groups in total. The average Bonchev–Trinajstić information content (AvgIpc) is 2.38. The second-order valence-corrected chi connectivity index (χ2v) is 5.01. The molecule has 2 rings (SSSR count). The first-order valence-electron chi connectivity index (χ1n) is 6.11. The van der Waals surface area contributed by atoms with E-state index in [0.29, 0.717) is 11.6 Å². The van der Waals surface area contributed by atoms with Crippen LogP contribution in [0.2, 0.25) is 5.02 Å². The van der Waals surface area contributed by atoms with Crippen LogP contribution >= 0.6 is 11.6 Å². The van der Waals surface area contributed by atoms with Gasteiger partial charge in [0.05, 0.1) is 0 Å². The van der Waals surface area contributed by atoms with Crippen LogP contribution in [0.5, 0.6) is 0 Å². The maximum Gasteiger partial charge on any atom is 0.317 e. The number of urea groups is 1. The quantitative estimate of drug-likeness (QED) is 0.887. The lowest BCUT2D eigenvalue weighted by molar-refractivity contribution is 0.154. The van der Waals surface area contributed by atoms with Crippen LogP contribution in [0.4, 0.5) is 4.79 Å². The van der Waals surface area contributed by atoms with E-state index in [0.717, 1.165) is 31.7 Å². The van der Waals surface area contributed by atoms with E-state index in [9.17, 15) is 4.79 Å². The number of halogens is 1. The molecule has 0 unspecified atom stereocenters. The van der Waals surface area contributed by atoms with Crippen molar-refractivity contribution in [2.24, 2.45) is 0 Å². The molecule has 1 saturated heterocycles. The number of carbonyl (C=O) groups is 1. The molecule has 5 heteroatoms. The number of likely N-dealkylation sites (N-methyl/N-ethyl adjacent to an activating group) is 1. The van der Waals surface area contributed by atoms with Gasteiger partial charge in [-0.1, -0.05) is 23.7 Å². The molecule has 0 aliphatic carbocycles. The Labute approximate surface area is 113 Å². The Morgan fingerprint density at radius 2 is 1.83 bits per heavy atom. The van der Waals surface area contributed by atoms with Crippen molar-refractivity contribution in [1.29, 1.82) is 0 Å². The van der Waals surface area contributed by atoms with Gasteiger partial charge in [0.25, 0.3) is 0 Å². The van der Waals surface area contributed by atoms with Crippen LogP contribution in [0.15, 0.2) is 24.3 Å². The lowest BCUT2D eigenvalue weighted by atomic mass is 10.2. The van der Waals surface area contributed by atoms with Crippen LogP contribution in [0.25, 0.3) is 0 Å². The summed E-state index contributed by atoms with van der Waals surface area (Å²) in [5.74, 6) is 0. The van der Waals surface area contributed by atoms with Crippen molar-refractivity contribution in [3.8, 4) is 0 Å². The van der Waals surface area contributed by atoms with Gasteiger partial charge in [0.1, 0.15) is 0 Å². The van der Waals surface area contributed by atoms with E-state index in [-0.39, 0.29) is 6.03 Å². The van der Waals surface area contributed by atoms with Gasteiger partial charge in [-0.25, -0.2) is 4.79 Å². The molecule has 0 spiro atoms. The first kappa shape index (κ1) is 13.2. The lowest BCUT2D eigenvalue weighted by Gasteiger charge is -2.32. The van der Waals surface area contributed by atoms with Gasteiger partial charge < -0.3 is 15.1 Å². The van der Waals surface area contributed by atoms with E-state index in [1.54, 1.807) is 0 Å². The van der Waals surface area contributed by atoms with Gasteiger partial charge >= 0.3 is 6.03 Å². The topological polar surface area (TPSA) is 35.6 Å². The number of amides is 2. The summed E-state index contributed by atoms with van der Waals surface area (Å²) in [5.41, 5.74) is 1.06. The third-order valence-corrected chi connectivity index (χ3v) is 3.40. The summed E-state index contributed by atoms with van der Waals surface area (Å²) in [4.78, 5) is 16.0. The minimum absolute atomic E-state index is 0.0121. The average molecular weight is 268 g/mol. The van der Waals surface area contributed by atoms with Crippen LogP contribution in [-0.4, -0.2) is 49.1 Å². The summed E-state index contributed by atoms with van der Waals surface area (Å²) >= 11 is 5.81. The van der Waals surface area contributed by atoms with Crippen molar-refractivity contribution in [2.75, 3.05) is 33.2 Å². The highest BCUT2D eigenvalue weighted by Gasteiger charge is 2.18. The Bertz CT molecular complexity index is 399. The van der Waals surface area contributed by atoms with Crippen molar-refractivity contribution >= 4 is 17.6 Å². The Morgan fingerprint density at radius 3 is 2.44 bits per heavy atom. The van der Waals surface area contributed by atoms with Gasteiger partial charge in [0, 0.05) is 37.7 Å². The van der Waals surface area contributed by atoms with Gasteiger partial charge in [0.2, 0.25) is 0 Å². The molecular weight excluding hydrogens is 250 g/mol. The van der Waals surface area contributed by atoms with Crippen LogP contribution < -0.4 is 5.32 Å². The van der Waals surface area contributed by atoms with Crippen molar-refractivity contribution in [2.45, 2.75) is 6.54 Å². The van der Waals surface area contributed by atoms with Gasteiger partial charge in [-0.05, 0) is 24.7 Å². The molecule has 1 heterocycles. The van der Waals surface area contributed by atoms with Crippen LogP contribution in [0.1, 0.15) is 5.56 Å². The molecule has 0 atom stereocenters. The predicted molar refractivity (Wildman–Crippen MR) is 72.8 cm³/mol. The largest absolute Gasteiger partial charge is 0.334 e. The van der Waals surface area contributed by atoms with E-state index in [1.165, 1.54) is 0 Å². The zero-order valence-corrected chi connectivity index (χ0v) is 11.3. The summed E-state index contributed by atoms with van der Waals surface area (Å²) in [5, 5.41) is 3.64. The Morgan fingerprint density at radius 1 is 1.22 bits per heavy atom. The first-order chi connectivity index (χ1) is 8.65. The van der Waals surface area contributed by atoms with Gasteiger partial charge in [-0.2, -0.15) is 0 Å². The smallest absolute Gasteiger partial charge is 0.317 e. The van der Waals surface area contributed by atoms with Crippen LogP contribution in [-0.2, 0) is 6.54 Å². The molecule has 1 aromatic rings. The third kappa shape index (κ3) is 3.62. The standard InChI is InChI=1S/C13H18ClN3O/c1-16-6-8-17(9-7-16)13(18)15-10-11-2-4-12(14)5-3-11/h2-5H,6-10H2,1H3,(H,15,18). The number of hydrogen-bond acceptors (Lipinski definition) is 2. The van der Waals surface area contributed by atoms with E-state index < -0.39 is 0 Å². The van der Waals surface area contributed by atoms with E-state index >= 15 is 0 Å². The molecule has 4 nitrogen and oxygen atoms in total. The molecule has 98 valence electrons. The molecule has 0 aromatic heterocycles. The fraction of sp³-hybridized carbons (Fsp3) is 0.462. The predicted octanol–water partition coefficient (Wildman–Crippen LogP) is 1.80. The van der Waals surface area contributed by atoms with Crippen molar-refractivity contribution < 1.29 is 4.79 Å². The summed E-state index contributed by atoms with van der Waals surface area (Å²) in [6, 6.07) is 7.52. The highest BCUT2D eigenvalue weighted by atomic mass is 35.5. The number of rotatable bonds is 2. The van der Waals surface area contributed by atoms with Crippen molar-refractivity contribution in [1.82, 2.24) is 15.1 Å². The number of hydrogen-bond donors (Lipinski definition) is 1. The number of nitrogens with zero attached hydrogens (tertiary/aromatic N) is 2. The summed E-state index contributed by atoms with van der Waals surface area (Å²) < 4.78 is 0. The van der Waals surface area contributed by atoms with Crippen LogP contribution in [0, 0.1) is 0 Å². The highest BCUT2D eigenvalue weighted by Crippen LogP contribution is 2.09. The second-order valence-electron chi connectivity index (χ2n) is 4.58. The van der Waals surface area contributed by atoms with E-state index in [1.807, 2.05) is 29.2 Å². The first-order valence-corrected chi connectivity index (χ1v) is 6.49. The van der Waals surface area contributed by atoms with E-state index in [4.69, 9.17) is 11.6 Å². The van der Waals surface area contributed by atoms with Crippen LogP contribution in [0.3, 0.4) is 0 Å². The SMILES string of the molecule is CN1CCN(C(=O)NCc2ccc(Cl)cc2)CC1. The van der Waals surface area contributed by atoms with Gasteiger partial charge in [0.15, 0.2) is 0 Å². The lowest BCUT2D eigenvalue weighted by Crippen LogP contribution is -2.50. The summed E-state index contributed by atoms with van der Waals surface area (Å²) in [6.07, 6.45) is 0. The molecular formula is C13H18ClN3O. The number of carbonyl (C=O) groups excluding carboxylic acids is 1. The third-order valence-electron chi connectivity index (χ3n) is 3.15. The normalized spacial score (nSPS) is 16.7. The number of nitrogens with one attached hydrogen (secondary N) is 1. The number of piperazine rings is 1. The van der Waals surface area contributed by atoms with E-state index in [2.05, 4.69) is 17.3 Å². The minimum Gasteiger partial charge on any atom is -0.334 e. The molecule has 0 radical (unpaired) electrons. The molecule has 18 heavy (non-hydrogen) atoms. The maximum atomic E-state index is 11.9. The highest BCUT2D eigenvalue weighted by molar-refractivity contribution is 6.30. The van der Waals surface area contributed by atoms with Crippen molar-refractivity contribution in [3.05, 3.63) is 34.9 Å². The molecule has 1 aliphatic rings. The summed E-state index contributed by atoms with van der Waals surface area (Å²) in [7, 11) is 2.07. The van der Waals surface area contributed by atoms with Gasteiger partial charge in [-0.3, -0.25) is 0 Å². The maximum absolute atomic E-state index is 11.9.